The Morgan fingerprint density at radius 3 is 2.82 bits per heavy atom. The summed E-state index contributed by atoms with van der Waals surface area (Å²) in [6, 6.07) is 2.40. The van der Waals surface area contributed by atoms with Crippen LogP contribution >= 0.6 is 0 Å². The lowest BCUT2D eigenvalue weighted by atomic mass is 10.1. The molecule has 1 N–H and O–H groups in total. The fourth-order valence-corrected chi connectivity index (χ4v) is 3.05. The summed E-state index contributed by atoms with van der Waals surface area (Å²) in [7, 11) is 2.13. The third kappa shape index (κ3) is 3.67. The first kappa shape index (κ1) is 17.0. The summed E-state index contributed by atoms with van der Waals surface area (Å²) in [5.41, 5.74) is 0. The van der Waals surface area contributed by atoms with E-state index in [0.29, 0.717) is 6.04 Å². The van der Waals surface area contributed by atoms with Gasteiger partial charge in [0.2, 0.25) is 5.91 Å². The first-order valence-corrected chi connectivity index (χ1v) is 8.22. The van der Waals surface area contributed by atoms with Crippen LogP contribution in [0.25, 0.3) is 0 Å². The van der Waals surface area contributed by atoms with Gasteiger partial charge in [-0.2, -0.15) is 5.10 Å². The predicted octanol–water partition coefficient (Wildman–Crippen LogP) is 1.82. The Hall–Kier alpha value is -1.40. The molecular formula is C16H29N5O. The summed E-state index contributed by atoms with van der Waals surface area (Å²) in [4.78, 5) is 17.2. The highest BCUT2D eigenvalue weighted by Crippen LogP contribution is 2.18. The quantitative estimate of drug-likeness (QED) is 0.901. The zero-order valence-electron chi connectivity index (χ0n) is 14.4. The monoisotopic (exact) mass is 307 g/mol. The lowest BCUT2D eigenvalue weighted by Crippen LogP contribution is -2.56. The molecule has 0 bridgehead atoms. The first-order valence-electron chi connectivity index (χ1n) is 8.22. The fraction of sp³-hybridized carbons (Fsp3) is 0.750. The Labute approximate surface area is 133 Å². The van der Waals surface area contributed by atoms with Crippen molar-refractivity contribution in [3.63, 3.8) is 0 Å². The van der Waals surface area contributed by atoms with Crippen molar-refractivity contribution in [3.05, 3.63) is 12.3 Å². The van der Waals surface area contributed by atoms with Crippen LogP contribution in [0, 0.1) is 0 Å². The third-order valence-corrected chi connectivity index (χ3v) is 4.69. The number of nitrogens with one attached hydrogen (secondary N) is 1. The number of amides is 1. The van der Waals surface area contributed by atoms with Crippen molar-refractivity contribution in [2.24, 2.45) is 0 Å². The van der Waals surface area contributed by atoms with Gasteiger partial charge in [0.1, 0.15) is 5.82 Å². The molecule has 0 aliphatic carbocycles. The van der Waals surface area contributed by atoms with Crippen LogP contribution in [0.2, 0.25) is 0 Å². The van der Waals surface area contributed by atoms with Gasteiger partial charge in [0, 0.05) is 31.7 Å². The van der Waals surface area contributed by atoms with E-state index >= 15 is 0 Å². The van der Waals surface area contributed by atoms with Gasteiger partial charge in [-0.3, -0.25) is 9.69 Å². The predicted molar refractivity (Wildman–Crippen MR) is 89.0 cm³/mol. The molecule has 1 aliphatic rings. The maximum atomic E-state index is 12.6. The van der Waals surface area contributed by atoms with E-state index < -0.39 is 0 Å². The van der Waals surface area contributed by atoms with E-state index in [-0.39, 0.29) is 18.0 Å². The molecule has 1 aromatic heterocycles. The van der Waals surface area contributed by atoms with Crippen LogP contribution in [-0.2, 0) is 4.79 Å². The second-order valence-electron chi connectivity index (χ2n) is 6.43. The van der Waals surface area contributed by atoms with Crippen LogP contribution in [0.15, 0.2) is 12.3 Å². The van der Waals surface area contributed by atoms with Crippen LogP contribution in [0.3, 0.4) is 0 Å². The van der Waals surface area contributed by atoms with Gasteiger partial charge in [0.25, 0.3) is 0 Å². The molecule has 22 heavy (non-hydrogen) atoms. The first-order chi connectivity index (χ1) is 10.4. The average molecular weight is 307 g/mol. The molecule has 0 aromatic carbocycles. The van der Waals surface area contributed by atoms with Gasteiger partial charge in [-0.1, -0.05) is 6.92 Å². The van der Waals surface area contributed by atoms with Crippen LogP contribution in [0.1, 0.15) is 40.2 Å². The van der Waals surface area contributed by atoms with Crippen molar-refractivity contribution in [1.82, 2.24) is 19.6 Å². The zero-order valence-corrected chi connectivity index (χ0v) is 14.4. The molecule has 6 heteroatoms. The Morgan fingerprint density at radius 2 is 2.18 bits per heavy atom. The highest BCUT2D eigenvalue weighted by atomic mass is 16.2. The van der Waals surface area contributed by atoms with Crippen LogP contribution < -0.4 is 5.32 Å². The second-order valence-corrected chi connectivity index (χ2v) is 6.43. The van der Waals surface area contributed by atoms with Crippen molar-refractivity contribution in [2.45, 2.75) is 52.2 Å². The summed E-state index contributed by atoms with van der Waals surface area (Å²) in [6.07, 6.45) is 2.72. The maximum absolute atomic E-state index is 12.6. The molecule has 2 rings (SSSR count). The zero-order chi connectivity index (χ0) is 16.3. The van der Waals surface area contributed by atoms with Crippen molar-refractivity contribution in [2.75, 3.05) is 32.0 Å². The Morgan fingerprint density at radius 1 is 1.45 bits per heavy atom. The van der Waals surface area contributed by atoms with Gasteiger partial charge in [-0.25, -0.2) is 4.68 Å². The molecule has 3 atom stereocenters. The molecule has 0 radical (unpaired) electrons. The molecule has 6 nitrogen and oxygen atoms in total. The van der Waals surface area contributed by atoms with Crippen LogP contribution in [0.4, 0.5) is 5.82 Å². The standard InChI is InChI=1S/C16H29N5O/c1-6-12(2)21-15(7-8-17-21)18-16(22)14(4)20-10-9-19(5)11-13(20)3/h7-8,12-14H,6,9-11H2,1-5H3,(H,18,22)/t12-,13-,14+/m0/s1. The molecule has 0 spiro atoms. The molecule has 124 valence electrons. The van der Waals surface area contributed by atoms with E-state index in [0.717, 1.165) is 31.9 Å². The largest absolute Gasteiger partial charge is 0.310 e. The maximum Gasteiger partial charge on any atom is 0.242 e. The Bertz CT molecular complexity index is 500. The van der Waals surface area contributed by atoms with E-state index in [1.807, 2.05) is 17.7 Å². The average Bonchev–Trinajstić information content (AvgIpc) is 2.94. The summed E-state index contributed by atoms with van der Waals surface area (Å²) in [5.74, 6) is 0.828. The Balaban J connectivity index is 2.01. The molecule has 1 aliphatic heterocycles. The smallest absolute Gasteiger partial charge is 0.242 e. The number of likely N-dealkylation sites (N-methyl/N-ethyl adjacent to an activating group) is 1. The van der Waals surface area contributed by atoms with Crippen LogP contribution in [0.5, 0.6) is 0 Å². The SMILES string of the molecule is CC[C@H](C)n1nccc1NC(=O)[C@@H](C)N1CCN(C)C[C@@H]1C. The van der Waals surface area contributed by atoms with E-state index in [9.17, 15) is 4.79 Å². The third-order valence-electron chi connectivity index (χ3n) is 4.69. The molecule has 0 unspecified atom stereocenters. The molecule has 1 fully saturated rings. The summed E-state index contributed by atoms with van der Waals surface area (Å²) >= 11 is 0. The van der Waals surface area contributed by atoms with E-state index in [2.05, 4.69) is 48.0 Å². The van der Waals surface area contributed by atoms with Gasteiger partial charge in [-0.15, -0.1) is 0 Å². The Kier molecular flexibility index (Phi) is 5.58. The van der Waals surface area contributed by atoms with Gasteiger partial charge < -0.3 is 10.2 Å². The minimum atomic E-state index is -0.135. The number of carbonyl (C=O) groups is 1. The molecule has 0 saturated carbocycles. The number of piperazine rings is 1. The summed E-state index contributed by atoms with van der Waals surface area (Å²) in [6.45, 7) is 11.3. The lowest BCUT2D eigenvalue weighted by molar-refractivity contribution is -0.122. The molecule has 1 aromatic rings. The van der Waals surface area contributed by atoms with Crippen molar-refractivity contribution < 1.29 is 4.79 Å². The minimum Gasteiger partial charge on any atom is -0.310 e. The summed E-state index contributed by atoms with van der Waals surface area (Å²) in [5, 5.41) is 7.36. The molecule has 2 heterocycles. The number of hydrogen-bond donors (Lipinski definition) is 1. The number of anilines is 1. The number of rotatable bonds is 5. The highest BCUT2D eigenvalue weighted by molar-refractivity contribution is 5.93. The number of nitrogens with zero attached hydrogens (tertiary/aromatic N) is 4. The van der Waals surface area contributed by atoms with E-state index in [1.165, 1.54) is 0 Å². The van der Waals surface area contributed by atoms with E-state index in [4.69, 9.17) is 0 Å². The molecule has 1 saturated heterocycles. The highest BCUT2D eigenvalue weighted by Gasteiger charge is 2.29. The van der Waals surface area contributed by atoms with Crippen molar-refractivity contribution in [3.8, 4) is 0 Å². The van der Waals surface area contributed by atoms with Crippen molar-refractivity contribution >= 4 is 11.7 Å². The molecule has 1 amide bonds. The van der Waals surface area contributed by atoms with Crippen LogP contribution in [-0.4, -0.2) is 64.3 Å². The van der Waals surface area contributed by atoms with Gasteiger partial charge >= 0.3 is 0 Å². The number of hydrogen-bond acceptors (Lipinski definition) is 4. The number of carbonyl (C=O) groups excluding carboxylic acids is 1. The number of aromatic nitrogens is 2. The van der Waals surface area contributed by atoms with Gasteiger partial charge in [-0.05, 0) is 34.2 Å². The normalized spacial score (nSPS) is 23.2. The lowest BCUT2D eigenvalue weighted by Gasteiger charge is -2.41. The van der Waals surface area contributed by atoms with Crippen molar-refractivity contribution in [1.29, 1.82) is 0 Å². The fourth-order valence-electron chi connectivity index (χ4n) is 3.05. The minimum absolute atomic E-state index is 0.0430. The molecular weight excluding hydrogens is 278 g/mol. The second kappa shape index (κ2) is 7.24. The van der Waals surface area contributed by atoms with Gasteiger partial charge in [0.05, 0.1) is 18.3 Å². The van der Waals surface area contributed by atoms with Gasteiger partial charge in [0.15, 0.2) is 0 Å². The summed E-state index contributed by atoms with van der Waals surface area (Å²) < 4.78 is 1.89. The topological polar surface area (TPSA) is 53.4 Å². The van der Waals surface area contributed by atoms with E-state index in [1.54, 1.807) is 6.20 Å².